The van der Waals surface area contributed by atoms with Gasteiger partial charge in [-0.1, -0.05) is 23.6 Å². The summed E-state index contributed by atoms with van der Waals surface area (Å²) >= 11 is 6.71. The molecule has 0 unspecified atom stereocenters. The number of ether oxygens (including phenoxy) is 1. The van der Waals surface area contributed by atoms with Gasteiger partial charge in [-0.05, 0) is 74.4 Å². The second-order valence-corrected chi connectivity index (χ2v) is 26.1. The molecule has 23 nitrogen and oxygen atoms in total. The number of hydrogen-bond donors (Lipinski definition) is 4. The lowest BCUT2D eigenvalue weighted by atomic mass is 9.93. The summed E-state index contributed by atoms with van der Waals surface area (Å²) < 4.78 is 220. The van der Waals surface area contributed by atoms with E-state index in [1.165, 1.54) is 13.8 Å². The van der Waals surface area contributed by atoms with Crippen molar-refractivity contribution in [2.24, 2.45) is 5.92 Å². The maximum atomic E-state index is 15.7. The maximum Gasteiger partial charge on any atom is 0.472 e. The van der Waals surface area contributed by atoms with E-state index in [-0.39, 0.29) is 25.7 Å². The van der Waals surface area contributed by atoms with Crippen LogP contribution >= 0.6 is 19.4 Å². The van der Waals surface area contributed by atoms with Crippen molar-refractivity contribution in [3.63, 3.8) is 0 Å². The number of halogens is 11. The Morgan fingerprint density at radius 2 is 1.58 bits per heavy atom. The number of alkyl halides is 8. The van der Waals surface area contributed by atoms with E-state index >= 15 is 8.78 Å². The first-order chi connectivity index (χ1) is 39.0. The molecular formula is C48H47ClF10N9O14PS2. The number of carboxylic acids is 1. The Morgan fingerprint density at radius 3 is 2.15 bits per heavy atom. The van der Waals surface area contributed by atoms with Crippen molar-refractivity contribution >= 4 is 80.0 Å². The number of phosphoric acid groups is 1. The Hall–Kier alpha value is -7.09. The number of pyridine rings is 1. The van der Waals surface area contributed by atoms with Gasteiger partial charge in [-0.3, -0.25) is 19.0 Å². The van der Waals surface area contributed by atoms with E-state index in [4.69, 9.17) is 21.4 Å². The van der Waals surface area contributed by atoms with E-state index in [1.54, 1.807) is 0 Å². The molecule has 0 aliphatic heterocycles. The topological polar surface area (TPSA) is 303 Å². The number of amides is 4. The van der Waals surface area contributed by atoms with Crippen LogP contribution in [0.25, 0.3) is 22.0 Å². The largest absolute Gasteiger partial charge is 0.481 e. The molecule has 3 heterocycles. The van der Waals surface area contributed by atoms with Gasteiger partial charge in [0.1, 0.15) is 40.9 Å². The fraction of sp³-hybridized carbons (Fsp3) is 0.438. The molecule has 0 spiro atoms. The summed E-state index contributed by atoms with van der Waals surface area (Å²) in [6, 6.07) is 2.40. The minimum Gasteiger partial charge on any atom is -0.481 e. The lowest BCUT2D eigenvalue weighted by Gasteiger charge is -2.29. The van der Waals surface area contributed by atoms with Crippen LogP contribution in [-0.2, 0) is 74.9 Å². The molecule has 85 heavy (non-hydrogen) atoms. The van der Waals surface area contributed by atoms with Gasteiger partial charge in [-0.15, -0.1) is 0 Å². The third kappa shape index (κ3) is 14.9. The molecule has 3 aromatic heterocycles. The van der Waals surface area contributed by atoms with Crippen LogP contribution in [0.4, 0.5) is 59.3 Å². The summed E-state index contributed by atoms with van der Waals surface area (Å²) in [5.41, 5.74) is -6.76. The number of benzene rings is 2. The van der Waals surface area contributed by atoms with Gasteiger partial charge in [0.2, 0.25) is 22.7 Å². The quantitative estimate of drug-likeness (QED) is 0.0262. The molecule has 3 atom stereocenters. The van der Waals surface area contributed by atoms with E-state index in [0.29, 0.717) is 22.1 Å². The van der Waals surface area contributed by atoms with Crippen LogP contribution in [-0.4, -0.2) is 147 Å². The second-order valence-electron chi connectivity index (χ2n) is 20.0. The molecule has 0 radical (unpaired) electrons. The van der Waals surface area contributed by atoms with Crippen molar-refractivity contribution in [2.45, 2.75) is 81.2 Å². The average molecular weight is 1290 g/mol. The van der Waals surface area contributed by atoms with Gasteiger partial charge < -0.3 is 34.7 Å². The number of sulfone groups is 1. The Bertz CT molecular complexity index is 3850. The van der Waals surface area contributed by atoms with E-state index < -0.39 is 218 Å². The summed E-state index contributed by atoms with van der Waals surface area (Å²) in [4.78, 5) is 76.8. The van der Waals surface area contributed by atoms with Crippen molar-refractivity contribution in [2.75, 3.05) is 50.3 Å². The van der Waals surface area contributed by atoms with Crippen LogP contribution in [0.2, 0.25) is 5.02 Å². The van der Waals surface area contributed by atoms with Crippen LogP contribution in [0, 0.1) is 29.4 Å². The molecule has 462 valence electrons. The zero-order valence-corrected chi connectivity index (χ0v) is 47.8. The first-order valence-corrected chi connectivity index (χ1v) is 30.0. The zero-order chi connectivity index (χ0) is 63.5. The highest BCUT2D eigenvalue weighted by molar-refractivity contribution is 7.93. The SMILES string of the molecule is CN(CCN(CCC(=O)O)C(=O)N(c1nn(CC(F)(F)F)c2c(-c3ccc(C#CC(C)(C)S(C)(=O)=O)nc3[C@H](Cc3cc(F)cc(F)c3)NC(=O)Cn3nc(C(F)(F)F)c4c3C(F)(F)[C@@H]3C[C@H]43)ccc(Cl)c12)S(C)(=O)=O)C(=O)OCOP(=O)(O)O. The summed E-state index contributed by atoms with van der Waals surface area (Å²) in [7, 11) is -13.3. The molecule has 7 rings (SSSR count). The number of nitrogens with zero attached hydrogens (tertiary/aromatic N) is 8. The third-order valence-electron chi connectivity index (χ3n) is 13.3. The van der Waals surface area contributed by atoms with Gasteiger partial charge in [0, 0.05) is 61.6 Å². The number of carbonyl (C=O) groups excluding carboxylic acids is 3. The van der Waals surface area contributed by atoms with Crippen LogP contribution in [0.15, 0.2) is 42.5 Å². The number of anilines is 1. The Kier molecular flexibility index (Phi) is 18.2. The van der Waals surface area contributed by atoms with Gasteiger partial charge in [-0.25, -0.2) is 49.3 Å². The molecule has 37 heteroatoms. The molecule has 5 aromatic rings. The first-order valence-electron chi connectivity index (χ1n) is 24.4. The number of urea groups is 1. The number of sulfonamides is 1. The summed E-state index contributed by atoms with van der Waals surface area (Å²) in [5.74, 6) is -8.28. The predicted octanol–water partition coefficient (Wildman–Crippen LogP) is 7.09. The molecular weight excluding hydrogens is 1250 g/mol. The predicted molar refractivity (Wildman–Crippen MR) is 276 cm³/mol. The lowest BCUT2D eigenvalue weighted by Crippen LogP contribution is -2.49. The summed E-state index contributed by atoms with van der Waals surface area (Å²) in [6.07, 6.45) is -12.8. The van der Waals surface area contributed by atoms with E-state index in [1.807, 2.05) is 0 Å². The number of aliphatic carboxylic acids is 1. The zero-order valence-electron chi connectivity index (χ0n) is 44.5. The Morgan fingerprint density at radius 1 is 0.941 bits per heavy atom. The highest BCUT2D eigenvalue weighted by atomic mass is 35.5. The molecule has 0 saturated heterocycles. The number of phosphoric ester groups is 1. The number of carboxylic acid groups (broad SMARTS) is 1. The number of carbonyl (C=O) groups is 4. The lowest BCUT2D eigenvalue weighted by molar-refractivity contribution is -0.143. The van der Waals surface area contributed by atoms with E-state index in [9.17, 15) is 80.8 Å². The number of rotatable bonds is 20. The van der Waals surface area contributed by atoms with Gasteiger partial charge in [-0.2, -0.15) is 49.6 Å². The number of fused-ring (bicyclic) bond motifs is 4. The van der Waals surface area contributed by atoms with Gasteiger partial charge in [0.15, 0.2) is 21.3 Å². The molecule has 1 saturated carbocycles. The van der Waals surface area contributed by atoms with Crippen molar-refractivity contribution < 1.29 is 109 Å². The van der Waals surface area contributed by atoms with Gasteiger partial charge in [0.05, 0.1) is 40.3 Å². The number of aromatic nitrogens is 5. The minimum atomic E-state index is -5.29. The summed E-state index contributed by atoms with van der Waals surface area (Å²) in [5, 5.41) is 17.8. The van der Waals surface area contributed by atoms with E-state index in [0.717, 1.165) is 49.7 Å². The molecule has 2 aliphatic rings. The average Bonchev–Trinajstić information content (AvgIpc) is 1.53. The fourth-order valence-corrected chi connectivity index (χ4v) is 10.6. The van der Waals surface area contributed by atoms with Gasteiger partial charge in [0.25, 0.3) is 5.92 Å². The van der Waals surface area contributed by atoms with Crippen LogP contribution < -0.4 is 9.62 Å². The first kappa shape index (κ1) is 65.5. The van der Waals surface area contributed by atoms with Crippen molar-refractivity contribution in [1.29, 1.82) is 0 Å². The number of likely N-dealkylation sites (N-methyl/N-ethyl adjacent to an activating group) is 1. The van der Waals surface area contributed by atoms with Crippen molar-refractivity contribution in [3.05, 3.63) is 93.0 Å². The standard InChI is InChI=1S/C48H47ClF10N9O14PS2/c1-45(2,84(4,77)78)12-10-27-6-7-28(38(60-27)33(18-24-16-25(50)19-26(51)17-24)61-34(69)21-66-41-36(40(62-66)48(57,58)59)30-20-31(30)47(41,55)56)29-8-9-32(49)37-39(29)67(22-46(52,53)54)63-42(37)68(85(5,79)80)43(72)65(13-11-35(70)71)15-14-64(3)44(73)81-23-82-83(74,75)76/h6-9,16-17,19,30-31,33H,11,13-15,18,20-23H2,1-5H3,(H,61,69)(H,70,71)(H2,74,75,76)/t30-,31+,33-/m0/s1. The highest BCUT2D eigenvalue weighted by Gasteiger charge is 2.68. The molecule has 0 bridgehead atoms. The number of nitrogens with one attached hydrogen (secondary N) is 1. The van der Waals surface area contributed by atoms with Crippen LogP contribution in [0.5, 0.6) is 0 Å². The highest BCUT2D eigenvalue weighted by Crippen LogP contribution is 2.68. The van der Waals surface area contributed by atoms with Gasteiger partial charge >= 0.3 is 38.3 Å². The minimum absolute atomic E-state index is 0.130. The normalized spacial score (nSPS) is 16.2. The molecule has 4 amide bonds. The number of hydrogen-bond acceptors (Lipinski definition) is 14. The second kappa shape index (κ2) is 23.6. The third-order valence-corrected chi connectivity index (χ3v) is 17.0. The molecule has 2 aliphatic carbocycles. The van der Waals surface area contributed by atoms with Crippen LogP contribution in [0.3, 0.4) is 0 Å². The van der Waals surface area contributed by atoms with Crippen LogP contribution in [0.1, 0.15) is 72.6 Å². The fourth-order valence-electron chi connectivity index (χ4n) is 9.07. The Labute approximate surface area is 480 Å². The molecule has 1 fully saturated rings. The molecule has 2 aromatic carbocycles. The monoisotopic (exact) mass is 1290 g/mol. The summed E-state index contributed by atoms with van der Waals surface area (Å²) in [6.45, 7) is -4.77. The maximum absolute atomic E-state index is 15.7. The van der Waals surface area contributed by atoms with E-state index in [2.05, 4.69) is 41.6 Å². The molecule has 4 N–H and O–H groups in total. The smallest absolute Gasteiger partial charge is 0.472 e. The van der Waals surface area contributed by atoms with Crippen molar-refractivity contribution in [3.8, 4) is 23.0 Å². The van der Waals surface area contributed by atoms with Crippen molar-refractivity contribution in [1.82, 2.24) is 39.7 Å². The Balaban J connectivity index is 1.44.